The molecule has 3 N–H and O–H groups in total. The third-order valence-corrected chi connectivity index (χ3v) is 3.86. The van der Waals surface area contributed by atoms with Gasteiger partial charge in [-0.25, -0.2) is 4.98 Å². The van der Waals surface area contributed by atoms with Gasteiger partial charge in [0, 0.05) is 32.2 Å². The second kappa shape index (κ2) is 7.56. The predicted molar refractivity (Wildman–Crippen MR) is 80.4 cm³/mol. The van der Waals surface area contributed by atoms with Gasteiger partial charge in [0.2, 0.25) is 5.91 Å². The van der Waals surface area contributed by atoms with Crippen LogP contribution in [0.2, 0.25) is 0 Å². The van der Waals surface area contributed by atoms with Gasteiger partial charge in [-0.2, -0.15) is 0 Å². The number of hydrogen-bond acceptors (Lipinski definition) is 4. The molecule has 1 aliphatic heterocycles. The number of imidazole rings is 1. The van der Waals surface area contributed by atoms with Gasteiger partial charge in [-0.1, -0.05) is 13.8 Å². The lowest BCUT2D eigenvalue weighted by Crippen LogP contribution is -2.47. The molecule has 0 aromatic carbocycles. The molecule has 0 bridgehead atoms. The van der Waals surface area contributed by atoms with Crippen LogP contribution in [0, 0.1) is 11.8 Å². The molecule has 1 saturated heterocycles. The zero-order valence-electron chi connectivity index (χ0n) is 12.9. The van der Waals surface area contributed by atoms with E-state index < -0.39 is 6.04 Å². The molecule has 1 aromatic rings. The summed E-state index contributed by atoms with van der Waals surface area (Å²) in [5, 5.41) is 2.91. The Morgan fingerprint density at radius 3 is 2.90 bits per heavy atom. The van der Waals surface area contributed by atoms with Crippen molar-refractivity contribution in [2.45, 2.75) is 45.8 Å². The molecule has 0 aliphatic carbocycles. The van der Waals surface area contributed by atoms with E-state index in [1.165, 1.54) is 0 Å². The summed E-state index contributed by atoms with van der Waals surface area (Å²) in [6.07, 6.45) is 5.43. The molecular formula is C15H26N4O2. The number of nitrogens with zero attached hydrogens (tertiary/aromatic N) is 2. The highest BCUT2D eigenvalue weighted by molar-refractivity contribution is 5.81. The van der Waals surface area contributed by atoms with Crippen LogP contribution in [0.1, 0.15) is 32.5 Å². The van der Waals surface area contributed by atoms with Gasteiger partial charge in [0.25, 0.3) is 0 Å². The molecule has 21 heavy (non-hydrogen) atoms. The second-order valence-corrected chi connectivity index (χ2v) is 6.08. The molecule has 1 unspecified atom stereocenters. The van der Waals surface area contributed by atoms with Crippen molar-refractivity contribution in [1.82, 2.24) is 14.9 Å². The number of amides is 1. The van der Waals surface area contributed by atoms with E-state index in [4.69, 9.17) is 10.5 Å². The lowest BCUT2D eigenvalue weighted by molar-refractivity contribution is -0.124. The van der Waals surface area contributed by atoms with Gasteiger partial charge in [-0.05, 0) is 24.7 Å². The number of nitrogens with one attached hydrogen (secondary N) is 1. The first kappa shape index (κ1) is 16.0. The van der Waals surface area contributed by atoms with E-state index in [0.717, 1.165) is 25.2 Å². The van der Waals surface area contributed by atoms with Crippen LogP contribution in [-0.4, -0.2) is 34.7 Å². The number of rotatable bonds is 6. The van der Waals surface area contributed by atoms with Crippen LogP contribution in [0.3, 0.4) is 0 Å². The second-order valence-electron chi connectivity index (χ2n) is 6.08. The summed E-state index contributed by atoms with van der Waals surface area (Å²) in [6, 6.07) is -0.456. The summed E-state index contributed by atoms with van der Waals surface area (Å²) in [5.74, 6) is 1.53. The van der Waals surface area contributed by atoms with Crippen LogP contribution in [0.25, 0.3) is 0 Å². The Hall–Kier alpha value is -1.40. The molecule has 1 fully saturated rings. The van der Waals surface area contributed by atoms with Crippen molar-refractivity contribution in [3.05, 3.63) is 18.2 Å². The Kier molecular flexibility index (Phi) is 5.76. The quantitative estimate of drug-likeness (QED) is 0.817. The molecule has 1 atom stereocenters. The van der Waals surface area contributed by atoms with E-state index in [-0.39, 0.29) is 11.8 Å². The number of hydrogen-bond donors (Lipinski definition) is 2. The van der Waals surface area contributed by atoms with Crippen molar-refractivity contribution in [3.8, 4) is 0 Å². The first-order valence-electron chi connectivity index (χ1n) is 7.69. The third kappa shape index (κ3) is 4.54. The van der Waals surface area contributed by atoms with Crippen molar-refractivity contribution in [2.24, 2.45) is 17.6 Å². The van der Waals surface area contributed by atoms with Gasteiger partial charge in [0.1, 0.15) is 5.82 Å². The van der Waals surface area contributed by atoms with Crippen LogP contribution in [-0.2, 0) is 22.6 Å². The fourth-order valence-electron chi connectivity index (χ4n) is 2.64. The normalized spacial score (nSPS) is 17.9. The minimum absolute atomic E-state index is 0.0963. The van der Waals surface area contributed by atoms with Crippen LogP contribution in [0.4, 0.5) is 0 Å². The minimum Gasteiger partial charge on any atom is -0.381 e. The predicted octanol–water partition coefficient (Wildman–Crippen LogP) is 0.909. The first-order valence-corrected chi connectivity index (χ1v) is 7.69. The highest BCUT2D eigenvalue weighted by Crippen LogP contribution is 2.17. The fraction of sp³-hybridized carbons (Fsp3) is 0.733. The van der Waals surface area contributed by atoms with E-state index in [0.29, 0.717) is 25.7 Å². The zero-order chi connectivity index (χ0) is 15.2. The van der Waals surface area contributed by atoms with Crippen LogP contribution in [0.15, 0.2) is 12.4 Å². The molecule has 6 heteroatoms. The summed E-state index contributed by atoms with van der Waals surface area (Å²) in [6.45, 7) is 7.04. The monoisotopic (exact) mass is 294 g/mol. The Balaban J connectivity index is 1.84. The van der Waals surface area contributed by atoms with Gasteiger partial charge in [-0.3, -0.25) is 4.79 Å². The van der Waals surface area contributed by atoms with Gasteiger partial charge >= 0.3 is 0 Å². The van der Waals surface area contributed by atoms with Gasteiger partial charge < -0.3 is 20.4 Å². The highest BCUT2D eigenvalue weighted by Gasteiger charge is 2.26. The third-order valence-electron chi connectivity index (χ3n) is 3.86. The lowest BCUT2D eigenvalue weighted by Gasteiger charge is -2.26. The standard InChI is InChI=1S/C15H26N4O2/c1-11(2)10-19-6-5-17-13(19)9-18-15(20)14(16)12-3-7-21-8-4-12/h5-6,11-12,14H,3-4,7-10,16H2,1-2H3,(H,18,20). The van der Waals surface area contributed by atoms with Crippen molar-refractivity contribution in [2.75, 3.05) is 13.2 Å². The molecule has 2 heterocycles. The fourth-order valence-corrected chi connectivity index (χ4v) is 2.64. The van der Waals surface area contributed by atoms with Crippen molar-refractivity contribution in [3.63, 3.8) is 0 Å². The van der Waals surface area contributed by atoms with Gasteiger partial charge in [-0.15, -0.1) is 0 Å². The average Bonchev–Trinajstić information content (AvgIpc) is 2.91. The average molecular weight is 294 g/mol. The molecule has 1 amide bonds. The number of carbonyl (C=O) groups excluding carboxylic acids is 1. The summed E-state index contributed by atoms with van der Waals surface area (Å²) >= 11 is 0. The molecule has 1 aliphatic rings. The van der Waals surface area contributed by atoms with Crippen molar-refractivity contribution < 1.29 is 9.53 Å². The maximum absolute atomic E-state index is 12.2. The van der Waals surface area contributed by atoms with Gasteiger partial charge in [0.15, 0.2) is 0 Å². The van der Waals surface area contributed by atoms with E-state index in [1.807, 2.05) is 6.20 Å². The lowest BCUT2D eigenvalue weighted by atomic mass is 9.92. The summed E-state index contributed by atoms with van der Waals surface area (Å²) in [4.78, 5) is 16.5. The van der Waals surface area contributed by atoms with Crippen LogP contribution < -0.4 is 11.1 Å². The minimum atomic E-state index is -0.456. The summed E-state index contributed by atoms with van der Waals surface area (Å²) < 4.78 is 7.37. The molecule has 0 spiro atoms. The molecule has 0 radical (unpaired) electrons. The molecule has 2 rings (SSSR count). The number of aromatic nitrogens is 2. The summed E-state index contributed by atoms with van der Waals surface area (Å²) in [7, 11) is 0. The summed E-state index contributed by atoms with van der Waals surface area (Å²) in [5.41, 5.74) is 6.06. The van der Waals surface area contributed by atoms with E-state index in [1.54, 1.807) is 6.20 Å². The maximum Gasteiger partial charge on any atom is 0.237 e. The Morgan fingerprint density at radius 2 is 2.24 bits per heavy atom. The molecule has 6 nitrogen and oxygen atoms in total. The Bertz CT molecular complexity index is 452. The van der Waals surface area contributed by atoms with Crippen molar-refractivity contribution in [1.29, 1.82) is 0 Å². The van der Waals surface area contributed by atoms with Crippen LogP contribution in [0.5, 0.6) is 0 Å². The zero-order valence-corrected chi connectivity index (χ0v) is 12.9. The molecule has 118 valence electrons. The van der Waals surface area contributed by atoms with Gasteiger partial charge in [0.05, 0.1) is 12.6 Å². The topological polar surface area (TPSA) is 82.2 Å². The largest absolute Gasteiger partial charge is 0.381 e. The smallest absolute Gasteiger partial charge is 0.237 e. The number of carbonyl (C=O) groups is 1. The SMILES string of the molecule is CC(C)Cn1ccnc1CNC(=O)C(N)C1CCOCC1. The molecule has 0 saturated carbocycles. The molecule has 1 aromatic heterocycles. The first-order chi connectivity index (χ1) is 10.1. The molecular weight excluding hydrogens is 268 g/mol. The highest BCUT2D eigenvalue weighted by atomic mass is 16.5. The van der Waals surface area contributed by atoms with Crippen molar-refractivity contribution >= 4 is 5.91 Å². The number of ether oxygens (including phenoxy) is 1. The van der Waals surface area contributed by atoms with Crippen LogP contribution >= 0.6 is 0 Å². The Morgan fingerprint density at radius 1 is 1.52 bits per heavy atom. The van der Waals surface area contributed by atoms with E-state index in [9.17, 15) is 4.79 Å². The maximum atomic E-state index is 12.2. The number of nitrogens with two attached hydrogens (primary N) is 1. The van der Waals surface area contributed by atoms with E-state index >= 15 is 0 Å². The van der Waals surface area contributed by atoms with E-state index in [2.05, 4.69) is 28.7 Å². The Labute approximate surface area is 126 Å².